The summed E-state index contributed by atoms with van der Waals surface area (Å²) < 4.78 is 24.5. The second-order valence-corrected chi connectivity index (χ2v) is 6.04. The Hall–Kier alpha value is -0.850. The molecule has 0 aliphatic rings. The van der Waals surface area contributed by atoms with Crippen LogP contribution in [0.2, 0.25) is 5.15 Å². The summed E-state index contributed by atoms with van der Waals surface area (Å²) in [4.78, 5) is 12.0. The number of alkyl halides is 2. The van der Waals surface area contributed by atoms with Gasteiger partial charge in [-0.2, -0.15) is 0 Å². The van der Waals surface area contributed by atoms with E-state index >= 15 is 0 Å². The Morgan fingerprint density at radius 2 is 2.00 bits per heavy atom. The minimum absolute atomic E-state index is 0.260. The molecular formula is C12H14ClF2N3S. The molecule has 0 fully saturated rings. The van der Waals surface area contributed by atoms with E-state index < -0.39 is 6.43 Å². The summed E-state index contributed by atoms with van der Waals surface area (Å²) in [5.74, 6) is 0.474. The number of fused-ring (bicyclic) bond motifs is 1. The van der Waals surface area contributed by atoms with Gasteiger partial charge < -0.3 is 0 Å². The molecule has 2 aromatic heterocycles. The van der Waals surface area contributed by atoms with Gasteiger partial charge in [0, 0.05) is 4.88 Å². The number of aromatic nitrogens is 2. The van der Waals surface area contributed by atoms with Crippen LogP contribution in [-0.4, -0.2) is 34.9 Å². The van der Waals surface area contributed by atoms with Crippen molar-refractivity contribution >= 4 is 33.2 Å². The fourth-order valence-electron chi connectivity index (χ4n) is 1.85. The zero-order valence-corrected chi connectivity index (χ0v) is 12.4. The number of nitrogens with zero attached hydrogens (tertiary/aromatic N) is 3. The van der Waals surface area contributed by atoms with Gasteiger partial charge in [0.2, 0.25) is 0 Å². The third kappa shape index (κ3) is 3.19. The van der Waals surface area contributed by atoms with Crippen LogP contribution in [0.25, 0.3) is 10.2 Å². The molecule has 2 rings (SSSR count). The van der Waals surface area contributed by atoms with Crippen molar-refractivity contribution in [3.05, 3.63) is 21.4 Å². The number of hydrogen-bond donors (Lipinski definition) is 0. The average Bonchev–Trinajstić information content (AvgIpc) is 2.53. The van der Waals surface area contributed by atoms with Gasteiger partial charge in [0.25, 0.3) is 6.43 Å². The average molecular weight is 306 g/mol. The molecule has 0 unspecified atom stereocenters. The van der Waals surface area contributed by atoms with Gasteiger partial charge in [-0.1, -0.05) is 11.6 Å². The van der Waals surface area contributed by atoms with E-state index in [1.807, 2.05) is 13.8 Å². The first-order chi connectivity index (χ1) is 8.88. The van der Waals surface area contributed by atoms with Crippen LogP contribution in [0.1, 0.15) is 16.3 Å². The number of halogens is 3. The summed E-state index contributed by atoms with van der Waals surface area (Å²) in [5.41, 5.74) is 1.08. The second kappa shape index (κ2) is 5.64. The van der Waals surface area contributed by atoms with Gasteiger partial charge in [-0.15, -0.1) is 11.3 Å². The highest BCUT2D eigenvalue weighted by Crippen LogP contribution is 2.32. The van der Waals surface area contributed by atoms with Crippen molar-refractivity contribution in [2.75, 3.05) is 13.6 Å². The molecule has 3 nitrogen and oxygen atoms in total. The van der Waals surface area contributed by atoms with Crippen LogP contribution in [0.5, 0.6) is 0 Å². The Bertz CT molecular complexity index is 600. The standard InChI is InChI=1S/C12H14ClF2N3S/c1-6-7(2)19-12-10(6)11(13)16-9(17-12)5-18(3)4-8(14)15/h8H,4-5H2,1-3H3. The lowest BCUT2D eigenvalue weighted by Gasteiger charge is -2.14. The minimum Gasteiger partial charge on any atom is -0.293 e. The van der Waals surface area contributed by atoms with Crippen LogP contribution in [0.4, 0.5) is 8.78 Å². The monoisotopic (exact) mass is 305 g/mol. The minimum atomic E-state index is -2.37. The normalized spacial score (nSPS) is 12.0. The van der Waals surface area contributed by atoms with Crippen LogP contribution in [-0.2, 0) is 6.54 Å². The van der Waals surface area contributed by atoms with E-state index in [2.05, 4.69) is 9.97 Å². The Kier molecular flexibility index (Phi) is 4.32. The molecule has 0 amide bonds. The van der Waals surface area contributed by atoms with E-state index in [1.165, 1.54) is 4.90 Å². The van der Waals surface area contributed by atoms with E-state index in [4.69, 9.17) is 11.6 Å². The molecule has 0 aliphatic carbocycles. The summed E-state index contributed by atoms with van der Waals surface area (Å²) in [5, 5.41) is 1.26. The fraction of sp³-hybridized carbons (Fsp3) is 0.500. The number of rotatable bonds is 4. The van der Waals surface area contributed by atoms with E-state index in [-0.39, 0.29) is 13.1 Å². The molecule has 19 heavy (non-hydrogen) atoms. The summed E-state index contributed by atoms with van der Waals surface area (Å²) in [6.45, 7) is 3.93. The van der Waals surface area contributed by atoms with E-state index in [9.17, 15) is 8.78 Å². The van der Waals surface area contributed by atoms with Crippen molar-refractivity contribution in [1.82, 2.24) is 14.9 Å². The quantitative estimate of drug-likeness (QED) is 0.807. The molecule has 0 saturated carbocycles. The number of thiophene rings is 1. The highest BCUT2D eigenvalue weighted by molar-refractivity contribution is 7.18. The molecule has 0 aliphatic heterocycles. The molecule has 0 atom stereocenters. The second-order valence-electron chi connectivity index (χ2n) is 4.48. The Balaban J connectivity index is 2.31. The smallest absolute Gasteiger partial charge is 0.251 e. The molecule has 2 heterocycles. The molecule has 0 saturated heterocycles. The third-order valence-corrected chi connectivity index (χ3v) is 4.27. The van der Waals surface area contributed by atoms with Crippen molar-refractivity contribution < 1.29 is 8.78 Å². The first-order valence-corrected chi connectivity index (χ1v) is 6.96. The fourth-order valence-corrected chi connectivity index (χ4v) is 3.29. The lowest BCUT2D eigenvalue weighted by molar-refractivity contribution is 0.0965. The molecule has 0 N–H and O–H groups in total. The topological polar surface area (TPSA) is 29.0 Å². The SMILES string of the molecule is Cc1sc2nc(CN(C)CC(F)F)nc(Cl)c2c1C. The first-order valence-electron chi connectivity index (χ1n) is 5.77. The maximum atomic E-state index is 12.3. The summed E-state index contributed by atoms with van der Waals surface area (Å²) in [7, 11) is 1.61. The van der Waals surface area contributed by atoms with Crippen LogP contribution in [0, 0.1) is 13.8 Å². The lowest BCUT2D eigenvalue weighted by atomic mass is 10.2. The predicted octanol–water partition coefficient (Wildman–Crippen LogP) is 3.66. The lowest BCUT2D eigenvalue weighted by Crippen LogP contribution is -2.25. The first kappa shape index (κ1) is 14.6. The molecule has 104 valence electrons. The summed E-state index contributed by atoms with van der Waals surface area (Å²) in [6.07, 6.45) is -2.37. The number of aryl methyl sites for hydroxylation is 2. The predicted molar refractivity (Wildman–Crippen MR) is 74.2 cm³/mol. The highest BCUT2D eigenvalue weighted by atomic mass is 35.5. The zero-order valence-electron chi connectivity index (χ0n) is 10.9. The number of hydrogen-bond acceptors (Lipinski definition) is 4. The van der Waals surface area contributed by atoms with Gasteiger partial charge in [0.05, 0.1) is 18.5 Å². The molecule has 0 aromatic carbocycles. The van der Waals surface area contributed by atoms with E-state index in [1.54, 1.807) is 18.4 Å². The van der Waals surface area contributed by atoms with Gasteiger partial charge in [-0.25, -0.2) is 18.7 Å². The van der Waals surface area contributed by atoms with Crippen molar-refractivity contribution in [3.8, 4) is 0 Å². The maximum absolute atomic E-state index is 12.3. The Morgan fingerprint density at radius 1 is 1.32 bits per heavy atom. The Labute approximate surface area is 119 Å². The molecule has 7 heteroatoms. The molecule has 0 radical (unpaired) electrons. The van der Waals surface area contributed by atoms with Crippen molar-refractivity contribution in [2.45, 2.75) is 26.8 Å². The summed E-state index contributed by atoms with van der Waals surface area (Å²) in [6, 6.07) is 0. The van der Waals surface area contributed by atoms with Gasteiger partial charge in [-0.05, 0) is 26.5 Å². The molecular weight excluding hydrogens is 292 g/mol. The van der Waals surface area contributed by atoms with E-state index in [0.717, 1.165) is 20.7 Å². The maximum Gasteiger partial charge on any atom is 0.251 e. The van der Waals surface area contributed by atoms with Crippen LogP contribution < -0.4 is 0 Å². The van der Waals surface area contributed by atoms with Crippen molar-refractivity contribution in [3.63, 3.8) is 0 Å². The molecule has 0 bridgehead atoms. The van der Waals surface area contributed by atoms with Gasteiger partial charge >= 0.3 is 0 Å². The van der Waals surface area contributed by atoms with Gasteiger partial charge in [-0.3, -0.25) is 4.90 Å². The molecule has 0 spiro atoms. The third-order valence-electron chi connectivity index (χ3n) is 2.89. The Morgan fingerprint density at radius 3 is 2.63 bits per heavy atom. The van der Waals surface area contributed by atoms with Crippen LogP contribution in [0.15, 0.2) is 0 Å². The highest BCUT2D eigenvalue weighted by Gasteiger charge is 2.15. The van der Waals surface area contributed by atoms with Crippen molar-refractivity contribution in [1.29, 1.82) is 0 Å². The van der Waals surface area contributed by atoms with Gasteiger partial charge in [0.1, 0.15) is 15.8 Å². The summed E-state index contributed by atoms with van der Waals surface area (Å²) >= 11 is 7.70. The zero-order chi connectivity index (χ0) is 14.2. The molecule has 2 aromatic rings. The van der Waals surface area contributed by atoms with Crippen LogP contribution in [0.3, 0.4) is 0 Å². The van der Waals surface area contributed by atoms with Gasteiger partial charge in [0.15, 0.2) is 0 Å². The van der Waals surface area contributed by atoms with Crippen molar-refractivity contribution in [2.24, 2.45) is 0 Å². The van der Waals surface area contributed by atoms with Crippen LogP contribution >= 0.6 is 22.9 Å². The largest absolute Gasteiger partial charge is 0.293 e. The van der Waals surface area contributed by atoms with E-state index in [0.29, 0.717) is 11.0 Å².